The van der Waals surface area contributed by atoms with Gasteiger partial charge >= 0.3 is 0 Å². The molecule has 3 nitrogen and oxygen atoms in total. The van der Waals surface area contributed by atoms with Gasteiger partial charge in [0.05, 0.1) is 23.4 Å². The highest BCUT2D eigenvalue weighted by Gasteiger charge is 2.38. The summed E-state index contributed by atoms with van der Waals surface area (Å²) in [5, 5.41) is 10.3. The first kappa shape index (κ1) is 14.2. The predicted octanol–water partition coefficient (Wildman–Crippen LogP) is 3.21. The standard InChI is InChI=1S/C16H25NO2/c1-12(2)19-14-9-6-5-8-13(14)17-11-7-10-15(18)16(17,3)4/h5-6,8-9,12,15,18H,7,10-11H2,1-4H3. The molecular formula is C16H25NO2. The molecule has 0 saturated carbocycles. The lowest BCUT2D eigenvalue weighted by molar-refractivity contribution is 0.0706. The van der Waals surface area contributed by atoms with Crippen LogP contribution in [0.2, 0.25) is 0 Å². The fourth-order valence-electron chi connectivity index (χ4n) is 2.73. The highest BCUT2D eigenvalue weighted by atomic mass is 16.5. The Balaban J connectivity index is 2.35. The van der Waals surface area contributed by atoms with Crippen molar-refractivity contribution in [2.45, 2.75) is 58.3 Å². The predicted molar refractivity (Wildman–Crippen MR) is 78.9 cm³/mol. The van der Waals surface area contributed by atoms with Gasteiger partial charge in [0.2, 0.25) is 0 Å². The van der Waals surface area contributed by atoms with Crippen molar-refractivity contribution in [1.29, 1.82) is 0 Å². The third-order valence-electron chi connectivity index (χ3n) is 3.89. The molecule has 0 bridgehead atoms. The summed E-state index contributed by atoms with van der Waals surface area (Å²) in [4.78, 5) is 2.28. The zero-order valence-electron chi connectivity index (χ0n) is 12.4. The van der Waals surface area contributed by atoms with Crippen molar-refractivity contribution < 1.29 is 9.84 Å². The summed E-state index contributed by atoms with van der Waals surface area (Å²) in [6.45, 7) is 9.23. The van der Waals surface area contributed by atoms with E-state index in [2.05, 4.69) is 24.8 Å². The number of anilines is 1. The number of para-hydroxylation sites is 2. The summed E-state index contributed by atoms with van der Waals surface area (Å²) in [6, 6.07) is 8.11. The monoisotopic (exact) mass is 263 g/mol. The SMILES string of the molecule is CC(C)Oc1ccccc1N1CCCC(O)C1(C)C. The highest BCUT2D eigenvalue weighted by molar-refractivity contribution is 5.60. The largest absolute Gasteiger partial charge is 0.489 e. The van der Waals surface area contributed by atoms with Crippen LogP contribution >= 0.6 is 0 Å². The summed E-state index contributed by atoms with van der Waals surface area (Å²) in [5.41, 5.74) is 0.828. The van der Waals surface area contributed by atoms with E-state index in [1.165, 1.54) is 0 Å². The molecule has 106 valence electrons. The molecule has 1 saturated heterocycles. The topological polar surface area (TPSA) is 32.7 Å². The number of piperidine rings is 1. The van der Waals surface area contributed by atoms with Crippen LogP contribution < -0.4 is 9.64 Å². The van der Waals surface area contributed by atoms with Crippen LogP contribution in [0.1, 0.15) is 40.5 Å². The van der Waals surface area contributed by atoms with Crippen LogP contribution in [-0.2, 0) is 0 Å². The van der Waals surface area contributed by atoms with E-state index in [0.717, 1.165) is 30.8 Å². The van der Waals surface area contributed by atoms with Gasteiger partial charge in [-0.1, -0.05) is 12.1 Å². The number of rotatable bonds is 3. The molecule has 1 fully saturated rings. The van der Waals surface area contributed by atoms with Gasteiger partial charge in [-0.3, -0.25) is 0 Å². The first-order valence-electron chi connectivity index (χ1n) is 7.14. The number of ether oxygens (including phenoxy) is 1. The van der Waals surface area contributed by atoms with E-state index in [1.807, 2.05) is 32.0 Å². The molecule has 0 spiro atoms. The van der Waals surface area contributed by atoms with E-state index < -0.39 is 0 Å². The van der Waals surface area contributed by atoms with Gasteiger partial charge in [0.1, 0.15) is 5.75 Å². The van der Waals surface area contributed by atoms with Crippen LogP contribution in [0.4, 0.5) is 5.69 Å². The maximum absolute atomic E-state index is 10.3. The van der Waals surface area contributed by atoms with E-state index >= 15 is 0 Å². The van der Waals surface area contributed by atoms with Crippen molar-refractivity contribution in [3.63, 3.8) is 0 Å². The maximum Gasteiger partial charge on any atom is 0.142 e. The summed E-state index contributed by atoms with van der Waals surface area (Å²) < 4.78 is 5.90. The summed E-state index contributed by atoms with van der Waals surface area (Å²) in [5.74, 6) is 0.902. The smallest absolute Gasteiger partial charge is 0.142 e. The van der Waals surface area contributed by atoms with Gasteiger partial charge in [0.25, 0.3) is 0 Å². The van der Waals surface area contributed by atoms with Crippen LogP contribution in [0.3, 0.4) is 0 Å². The maximum atomic E-state index is 10.3. The van der Waals surface area contributed by atoms with Gasteiger partial charge in [-0.25, -0.2) is 0 Å². The minimum atomic E-state index is -0.298. The van der Waals surface area contributed by atoms with E-state index in [9.17, 15) is 5.11 Å². The van der Waals surface area contributed by atoms with Crippen LogP contribution in [0.5, 0.6) is 5.75 Å². The average Bonchev–Trinajstić information content (AvgIpc) is 2.33. The second-order valence-electron chi connectivity index (χ2n) is 6.10. The second kappa shape index (κ2) is 5.41. The zero-order chi connectivity index (χ0) is 14.0. The second-order valence-corrected chi connectivity index (χ2v) is 6.10. The van der Waals surface area contributed by atoms with Crippen LogP contribution in [0.15, 0.2) is 24.3 Å². The van der Waals surface area contributed by atoms with E-state index in [-0.39, 0.29) is 17.7 Å². The highest BCUT2D eigenvalue weighted by Crippen LogP contribution is 2.38. The number of nitrogens with zero attached hydrogens (tertiary/aromatic N) is 1. The number of hydrogen-bond acceptors (Lipinski definition) is 3. The molecule has 1 aliphatic heterocycles. The molecule has 2 rings (SSSR count). The number of aliphatic hydroxyl groups excluding tert-OH is 1. The lowest BCUT2D eigenvalue weighted by Gasteiger charge is -2.47. The van der Waals surface area contributed by atoms with Crippen molar-refractivity contribution in [3.05, 3.63) is 24.3 Å². The molecule has 0 aromatic heterocycles. The zero-order valence-corrected chi connectivity index (χ0v) is 12.4. The third kappa shape index (κ3) is 2.86. The Labute approximate surface area is 116 Å². The van der Waals surface area contributed by atoms with E-state index in [0.29, 0.717) is 0 Å². The van der Waals surface area contributed by atoms with Crippen molar-refractivity contribution in [2.24, 2.45) is 0 Å². The fourth-order valence-corrected chi connectivity index (χ4v) is 2.73. The minimum Gasteiger partial charge on any atom is -0.489 e. The Morgan fingerprint density at radius 1 is 1.32 bits per heavy atom. The van der Waals surface area contributed by atoms with Gasteiger partial charge in [0.15, 0.2) is 0 Å². The van der Waals surface area contributed by atoms with Crippen molar-refractivity contribution in [2.75, 3.05) is 11.4 Å². The summed E-state index contributed by atoms with van der Waals surface area (Å²) in [6.07, 6.45) is 1.74. The quantitative estimate of drug-likeness (QED) is 0.909. The molecule has 1 aromatic carbocycles. The van der Waals surface area contributed by atoms with Crippen LogP contribution in [-0.4, -0.2) is 29.4 Å². The van der Waals surface area contributed by atoms with Gasteiger partial charge < -0.3 is 14.7 Å². The Bertz CT molecular complexity index is 429. The molecular weight excluding hydrogens is 238 g/mol. The molecule has 1 unspecified atom stereocenters. The lowest BCUT2D eigenvalue weighted by atomic mass is 9.86. The molecule has 1 N–H and O–H groups in total. The van der Waals surface area contributed by atoms with Crippen molar-refractivity contribution >= 4 is 5.69 Å². The summed E-state index contributed by atoms with van der Waals surface area (Å²) in [7, 11) is 0. The van der Waals surface area contributed by atoms with Crippen molar-refractivity contribution in [1.82, 2.24) is 0 Å². The molecule has 0 radical (unpaired) electrons. The Morgan fingerprint density at radius 3 is 2.68 bits per heavy atom. The molecule has 1 heterocycles. The van der Waals surface area contributed by atoms with Crippen LogP contribution in [0.25, 0.3) is 0 Å². The van der Waals surface area contributed by atoms with Crippen molar-refractivity contribution in [3.8, 4) is 5.75 Å². The Morgan fingerprint density at radius 2 is 2.00 bits per heavy atom. The average molecular weight is 263 g/mol. The van der Waals surface area contributed by atoms with E-state index in [4.69, 9.17) is 4.74 Å². The minimum absolute atomic E-state index is 0.152. The Kier molecular flexibility index (Phi) is 4.04. The molecule has 1 aliphatic rings. The van der Waals surface area contributed by atoms with Gasteiger partial charge in [-0.2, -0.15) is 0 Å². The first-order chi connectivity index (χ1) is 8.93. The third-order valence-corrected chi connectivity index (χ3v) is 3.89. The normalized spacial score (nSPS) is 22.6. The molecule has 19 heavy (non-hydrogen) atoms. The first-order valence-corrected chi connectivity index (χ1v) is 7.14. The number of hydrogen-bond donors (Lipinski definition) is 1. The number of benzene rings is 1. The van der Waals surface area contributed by atoms with Gasteiger partial charge in [0, 0.05) is 6.54 Å². The number of aliphatic hydroxyl groups is 1. The van der Waals surface area contributed by atoms with E-state index in [1.54, 1.807) is 0 Å². The molecule has 0 amide bonds. The lowest BCUT2D eigenvalue weighted by Crippen LogP contribution is -2.56. The molecule has 3 heteroatoms. The van der Waals surface area contributed by atoms with Crippen LogP contribution in [0, 0.1) is 0 Å². The molecule has 1 atom stereocenters. The van der Waals surface area contributed by atoms with Gasteiger partial charge in [-0.15, -0.1) is 0 Å². The van der Waals surface area contributed by atoms with Gasteiger partial charge in [-0.05, 0) is 52.7 Å². The molecule has 0 aliphatic carbocycles. The summed E-state index contributed by atoms with van der Waals surface area (Å²) >= 11 is 0. The molecule has 1 aromatic rings. The Hall–Kier alpha value is -1.22. The fraction of sp³-hybridized carbons (Fsp3) is 0.625.